The van der Waals surface area contributed by atoms with Gasteiger partial charge in [0.15, 0.2) is 0 Å². The van der Waals surface area contributed by atoms with Gasteiger partial charge in [-0.1, -0.05) is 53.6 Å². The Bertz CT molecular complexity index is 798. The van der Waals surface area contributed by atoms with Crippen molar-refractivity contribution in [2.24, 2.45) is 5.41 Å². The van der Waals surface area contributed by atoms with Crippen LogP contribution < -0.4 is 10.6 Å². The van der Waals surface area contributed by atoms with Gasteiger partial charge in [0.05, 0.1) is 0 Å². The van der Waals surface area contributed by atoms with Crippen molar-refractivity contribution in [3.05, 3.63) is 70.2 Å². The van der Waals surface area contributed by atoms with Gasteiger partial charge in [0, 0.05) is 18.1 Å². The fourth-order valence-corrected chi connectivity index (χ4v) is 3.12. The zero-order chi connectivity index (χ0) is 18.6. The van der Waals surface area contributed by atoms with Crippen molar-refractivity contribution in [1.82, 2.24) is 10.6 Å². The molecule has 2 amide bonds. The average molecular weight is 371 g/mol. The van der Waals surface area contributed by atoms with Gasteiger partial charge in [-0.3, -0.25) is 9.59 Å². The number of benzene rings is 2. The highest BCUT2D eigenvalue weighted by Gasteiger charge is 2.56. The van der Waals surface area contributed by atoms with Crippen molar-refractivity contribution in [2.45, 2.75) is 32.7 Å². The van der Waals surface area contributed by atoms with Gasteiger partial charge in [-0.2, -0.15) is 0 Å². The molecule has 0 aliphatic heterocycles. The van der Waals surface area contributed by atoms with E-state index < -0.39 is 5.41 Å². The molecular formula is C21H23ClN2O2. The van der Waals surface area contributed by atoms with E-state index >= 15 is 0 Å². The molecule has 3 rings (SSSR count). The van der Waals surface area contributed by atoms with Crippen LogP contribution in [-0.4, -0.2) is 18.4 Å². The fraction of sp³-hybridized carbons (Fsp3) is 0.333. The molecule has 0 aromatic heterocycles. The minimum Gasteiger partial charge on any atom is -0.355 e. The molecule has 2 aromatic carbocycles. The second-order valence-electron chi connectivity index (χ2n) is 6.89. The molecule has 1 aliphatic carbocycles. The smallest absolute Gasteiger partial charge is 0.235 e. The molecule has 0 bridgehead atoms. The molecule has 26 heavy (non-hydrogen) atoms. The lowest BCUT2D eigenvalue weighted by atomic mass is 10.0. The van der Waals surface area contributed by atoms with Crippen LogP contribution in [0, 0.1) is 12.3 Å². The predicted octanol–water partition coefficient (Wildman–Crippen LogP) is 3.40. The monoisotopic (exact) mass is 370 g/mol. The summed E-state index contributed by atoms with van der Waals surface area (Å²) in [5, 5.41) is 6.51. The number of amides is 2. The van der Waals surface area contributed by atoms with Crippen molar-refractivity contribution in [1.29, 1.82) is 0 Å². The Hall–Kier alpha value is -2.33. The third-order valence-electron chi connectivity index (χ3n) is 4.77. The third-order valence-corrected chi connectivity index (χ3v) is 5.02. The molecule has 0 unspecified atom stereocenters. The fourth-order valence-electron chi connectivity index (χ4n) is 3.00. The lowest BCUT2D eigenvalue weighted by Crippen LogP contribution is -2.43. The van der Waals surface area contributed by atoms with E-state index in [1.807, 2.05) is 55.5 Å². The summed E-state index contributed by atoms with van der Waals surface area (Å²) in [6.45, 7) is 2.97. The topological polar surface area (TPSA) is 58.2 Å². The molecule has 0 saturated heterocycles. The van der Waals surface area contributed by atoms with Gasteiger partial charge >= 0.3 is 0 Å². The van der Waals surface area contributed by atoms with Gasteiger partial charge in [-0.05, 0) is 49.4 Å². The van der Waals surface area contributed by atoms with Crippen LogP contribution in [0.5, 0.6) is 0 Å². The van der Waals surface area contributed by atoms with E-state index in [1.165, 1.54) is 0 Å². The standard InChI is InChI=1S/C21H23ClN2O2/c1-15-3-2-4-17(13-15)14-24-20(26)21(10-11-21)19(25)23-12-9-16-5-7-18(22)8-6-16/h2-8,13H,9-12,14H2,1H3,(H,23,25)(H,24,26). The van der Waals surface area contributed by atoms with Crippen LogP contribution >= 0.6 is 11.6 Å². The number of aryl methyl sites for hydroxylation is 1. The van der Waals surface area contributed by atoms with Gasteiger partial charge in [0.1, 0.15) is 5.41 Å². The molecule has 0 atom stereocenters. The Morgan fingerprint density at radius 2 is 1.69 bits per heavy atom. The SMILES string of the molecule is Cc1cccc(CNC(=O)C2(C(=O)NCCc3ccc(Cl)cc3)CC2)c1. The van der Waals surface area contributed by atoms with Gasteiger partial charge < -0.3 is 10.6 Å². The minimum absolute atomic E-state index is 0.173. The highest BCUT2D eigenvalue weighted by atomic mass is 35.5. The van der Waals surface area contributed by atoms with Crippen LogP contribution in [0.3, 0.4) is 0 Å². The average Bonchev–Trinajstić information content (AvgIpc) is 3.43. The Balaban J connectivity index is 1.48. The second kappa shape index (κ2) is 7.92. The van der Waals surface area contributed by atoms with Gasteiger partial charge in [-0.25, -0.2) is 0 Å². The molecular weight excluding hydrogens is 348 g/mol. The van der Waals surface area contributed by atoms with E-state index in [0.29, 0.717) is 37.4 Å². The Morgan fingerprint density at radius 3 is 2.35 bits per heavy atom. The number of halogens is 1. The summed E-state index contributed by atoms with van der Waals surface area (Å²) in [6, 6.07) is 15.5. The first kappa shape index (κ1) is 18.5. The summed E-state index contributed by atoms with van der Waals surface area (Å²) in [7, 11) is 0. The largest absolute Gasteiger partial charge is 0.355 e. The summed E-state index contributed by atoms with van der Waals surface area (Å²) < 4.78 is 0. The highest BCUT2D eigenvalue weighted by Crippen LogP contribution is 2.46. The maximum absolute atomic E-state index is 12.5. The van der Waals surface area contributed by atoms with E-state index in [0.717, 1.165) is 16.7 Å². The van der Waals surface area contributed by atoms with Gasteiger partial charge in [-0.15, -0.1) is 0 Å². The van der Waals surface area contributed by atoms with Gasteiger partial charge in [0.2, 0.25) is 11.8 Å². The number of rotatable bonds is 7. The summed E-state index contributed by atoms with van der Waals surface area (Å²) >= 11 is 5.87. The molecule has 2 N–H and O–H groups in total. The van der Waals surface area contributed by atoms with Gasteiger partial charge in [0.25, 0.3) is 0 Å². The maximum Gasteiger partial charge on any atom is 0.235 e. The van der Waals surface area contributed by atoms with Crippen molar-refractivity contribution in [3.63, 3.8) is 0 Å². The molecule has 4 nitrogen and oxygen atoms in total. The van der Waals surface area contributed by atoms with Crippen LogP contribution in [0.15, 0.2) is 48.5 Å². The summed E-state index contributed by atoms with van der Waals surface area (Å²) in [5.74, 6) is -0.351. The summed E-state index contributed by atoms with van der Waals surface area (Å²) in [5.41, 5.74) is 2.41. The first-order chi connectivity index (χ1) is 12.5. The quantitative estimate of drug-likeness (QED) is 0.734. The number of carbonyl (C=O) groups excluding carboxylic acids is 2. The number of hydrogen-bond acceptors (Lipinski definition) is 2. The first-order valence-electron chi connectivity index (χ1n) is 8.86. The summed E-state index contributed by atoms with van der Waals surface area (Å²) in [4.78, 5) is 25.0. The first-order valence-corrected chi connectivity index (χ1v) is 9.24. The minimum atomic E-state index is -0.885. The van der Waals surface area contributed by atoms with Crippen molar-refractivity contribution in [2.75, 3.05) is 6.54 Å². The molecule has 1 saturated carbocycles. The number of hydrogen-bond donors (Lipinski definition) is 2. The Kier molecular flexibility index (Phi) is 5.62. The van der Waals surface area contributed by atoms with E-state index in [9.17, 15) is 9.59 Å². The summed E-state index contributed by atoms with van der Waals surface area (Å²) in [6.07, 6.45) is 1.93. The molecule has 2 aromatic rings. The zero-order valence-electron chi connectivity index (χ0n) is 14.8. The number of carbonyl (C=O) groups is 2. The van der Waals surface area contributed by atoms with Crippen molar-refractivity contribution in [3.8, 4) is 0 Å². The van der Waals surface area contributed by atoms with E-state index in [2.05, 4.69) is 10.6 Å². The van der Waals surface area contributed by atoms with Crippen molar-refractivity contribution < 1.29 is 9.59 Å². The lowest BCUT2D eigenvalue weighted by Gasteiger charge is -2.15. The molecule has 0 radical (unpaired) electrons. The second-order valence-corrected chi connectivity index (χ2v) is 7.32. The third kappa shape index (κ3) is 4.44. The van der Waals surface area contributed by atoms with E-state index in [-0.39, 0.29) is 11.8 Å². The molecule has 136 valence electrons. The van der Waals surface area contributed by atoms with Crippen molar-refractivity contribution >= 4 is 23.4 Å². The number of nitrogens with one attached hydrogen (secondary N) is 2. The maximum atomic E-state index is 12.5. The van der Waals surface area contributed by atoms with Crippen LogP contribution in [0.1, 0.15) is 29.5 Å². The van der Waals surface area contributed by atoms with Crippen LogP contribution in [0.2, 0.25) is 5.02 Å². The Labute approximate surface area is 158 Å². The molecule has 0 heterocycles. The Morgan fingerprint density at radius 1 is 1.00 bits per heavy atom. The van der Waals surface area contributed by atoms with Crippen LogP contribution in [0.4, 0.5) is 0 Å². The van der Waals surface area contributed by atoms with Crippen LogP contribution in [-0.2, 0) is 22.6 Å². The van der Waals surface area contributed by atoms with E-state index in [1.54, 1.807) is 0 Å². The lowest BCUT2D eigenvalue weighted by molar-refractivity contribution is -0.137. The molecule has 1 aliphatic rings. The predicted molar refractivity (Wildman–Crippen MR) is 103 cm³/mol. The molecule has 1 fully saturated rings. The molecule has 5 heteroatoms. The zero-order valence-corrected chi connectivity index (χ0v) is 15.6. The highest BCUT2D eigenvalue weighted by molar-refractivity contribution is 6.30. The van der Waals surface area contributed by atoms with E-state index in [4.69, 9.17) is 11.6 Å². The normalized spacial score (nSPS) is 14.5. The van der Waals surface area contributed by atoms with Crippen LogP contribution in [0.25, 0.3) is 0 Å². The molecule has 0 spiro atoms.